The van der Waals surface area contributed by atoms with Crippen molar-refractivity contribution in [1.29, 1.82) is 0 Å². The van der Waals surface area contributed by atoms with Crippen LogP contribution in [0.5, 0.6) is 0 Å². The van der Waals surface area contributed by atoms with Crippen LogP contribution in [-0.2, 0) is 14.3 Å². The first-order valence-corrected chi connectivity index (χ1v) is 5.30. The van der Waals surface area contributed by atoms with E-state index in [1.165, 1.54) is 12.0 Å². The Morgan fingerprint density at radius 2 is 1.83 bits per heavy atom. The highest BCUT2D eigenvalue weighted by Crippen LogP contribution is 2.12. The van der Waals surface area contributed by atoms with Gasteiger partial charge in [-0.2, -0.15) is 13.2 Å². The smallest absolute Gasteiger partial charge is 0.405 e. The fraction of sp³-hybridized carbons (Fsp3) is 0.800. The van der Waals surface area contributed by atoms with E-state index in [0.29, 0.717) is 0 Å². The van der Waals surface area contributed by atoms with Crippen LogP contribution in [0.2, 0.25) is 0 Å². The van der Waals surface area contributed by atoms with Gasteiger partial charge in [-0.05, 0) is 13.8 Å². The van der Waals surface area contributed by atoms with Gasteiger partial charge < -0.3 is 10.1 Å². The summed E-state index contributed by atoms with van der Waals surface area (Å²) in [5, 5.41) is 1.74. The van der Waals surface area contributed by atoms with E-state index in [2.05, 4.69) is 4.74 Å². The van der Waals surface area contributed by atoms with Crippen LogP contribution in [0.15, 0.2) is 0 Å². The maximum atomic E-state index is 11.9. The van der Waals surface area contributed by atoms with E-state index in [9.17, 15) is 22.8 Å². The normalized spacial score (nSPS) is 11.8. The third-order valence-electron chi connectivity index (χ3n) is 2.12. The summed E-state index contributed by atoms with van der Waals surface area (Å²) >= 11 is 0. The highest BCUT2D eigenvalue weighted by Gasteiger charge is 2.28. The van der Waals surface area contributed by atoms with Crippen molar-refractivity contribution in [2.75, 3.05) is 26.7 Å². The molecule has 18 heavy (non-hydrogen) atoms. The second kappa shape index (κ2) is 7.20. The Kier molecular flexibility index (Phi) is 6.67. The largest absolute Gasteiger partial charge is 0.468 e. The summed E-state index contributed by atoms with van der Waals surface area (Å²) in [5.41, 5.74) is 0. The Bertz CT molecular complexity index is 293. The van der Waals surface area contributed by atoms with Crippen molar-refractivity contribution in [3.63, 3.8) is 0 Å². The molecule has 106 valence electrons. The van der Waals surface area contributed by atoms with Gasteiger partial charge in [0.05, 0.1) is 20.2 Å². The van der Waals surface area contributed by atoms with Crippen LogP contribution < -0.4 is 5.32 Å². The van der Waals surface area contributed by atoms with Crippen LogP contribution in [0.3, 0.4) is 0 Å². The van der Waals surface area contributed by atoms with E-state index < -0.39 is 24.6 Å². The maximum absolute atomic E-state index is 11.9. The van der Waals surface area contributed by atoms with E-state index in [-0.39, 0.29) is 19.1 Å². The van der Waals surface area contributed by atoms with Crippen molar-refractivity contribution in [1.82, 2.24) is 10.2 Å². The van der Waals surface area contributed by atoms with Crippen LogP contribution in [0.4, 0.5) is 13.2 Å². The molecule has 0 unspecified atom stereocenters. The first-order valence-electron chi connectivity index (χ1n) is 5.30. The molecule has 0 saturated carbocycles. The van der Waals surface area contributed by atoms with Gasteiger partial charge in [-0.1, -0.05) is 0 Å². The number of carbonyl (C=O) groups excluding carboxylic acids is 2. The van der Waals surface area contributed by atoms with Gasteiger partial charge in [0, 0.05) is 6.04 Å². The Hall–Kier alpha value is -1.31. The highest BCUT2D eigenvalue weighted by atomic mass is 19.4. The zero-order chi connectivity index (χ0) is 14.3. The van der Waals surface area contributed by atoms with Crippen LogP contribution in [0, 0.1) is 0 Å². The van der Waals surface area contributed by atoms with Crippen LogP contribution in [0.1, 0.15) is 13.8 Å². The molecule has 0 rings (SSSR count). The number of alkyl halides is 3. The van der Waals surface area contributed by atoms with E-state index >= 15 is 0 Å². The number of esters is 1. The molecule has 0 aromatic heterocycles. The lowest BCUT2D eigenvalue weighted by Gasteiger charge is -2.24. The molecule has 0 heterocycles. The summed E-state index contributed by atoms with van der Waals surface area (Å²) in [7, 11) is 1.20. The summed E-state index contributed by atoms with van der Waals surface area (Å²) in [5.74, 6) is -1.34. The first kappa shape index (κ1) is 16.7. The number of nitrogens with zero attached hydrogens (tertiary/aromatic N) is 1. The minimum absolute atomic E-state index is 0.145. The quantitative estimate of drug-likeness (QED) is 0.716. The Labute approximate surface area is 103 Å². The van der Waals surface area contributed by atoms with Crippen molar-refractivity contribution in [2.45, 2.75) is 26.1 Å². The van der Waals surface area contributed by atoms with Crippen molar-refractivity contribution >= 4 is 11.9 Å². The lowest BCUT2D eigenvalue weighted by Crippen LogP contribution is -2.45. The van der Waals surface area contributed by atoms with Gasteiger partial charge in [0.15, 0.2) is 0 Å². The van der Waals surface area contributed by atoms with Gasteiger partial charge in [-0.3, -0.25) is 14.5 Å². The molecule has 0 aliphatic heterocycles. The number of methoxy groups -OCH3 is 1. The van der Waals surface area contributed by atoms with Gasteiger partial charge in [0.1, 0.15) is 6.54 Å². The molecule has 0 aromatic carbocycles. The molecule has 0 fully saturated rings. The number of rotatable bonds is 6. The van der Waals surface area contributed by atoms with Crippen molar-refractivity contribution in [3.05, 3.63) is 0 Å². The Morgan fingerprint density at radius 1 is 1.28 bits per heavy atom. The zero-order valence-electron chi connectivity index (χ0n) is 10.5. The third-order valence-corrected chi connectivity index (χ3v) is 2.12. The standard InChI is InChI=1S/C10H17F3N2O3/c1-7(2)15(5-9(17)18-3)4-8(16)14-6-10(11,12)13/h7H,4-6H2,1-3H3,(H,14,16). The molecule has 0 bridgehead atoms. The molecule has 5 nitrogen and oxygen atoms in total. The molecule has 0 radical (unpaired) electrons. The van der Waals surface area contributed by atoms with E-state index in [1.54, 1.807) is 19.2 Å². The first-order chi connectivity index (χ1) is 8.15. The SMILES string of the molecule is COC(=O)CN(CC(=O)NCC(F)(F)F)C(C)C. The van der Waals surface area contributed by atoms with E-state index in [1.807, 2.05) is 0 Å². The lowest BCUT2D eigenvalue weighted by atomic mass is 10.3. The maximum Gasteiger partial charge on any atom is 0.405 e. The molecule has 0 aliphatic carbocycles. The highest BCUT2D eigenvalue weighted by molar-refractivity contribution is 5.79. The molecule has 1 N–H and O–H groups in total. The molecule has 0 aromatic rings. The Morgan fingerprint density at radius 3 is 2.22 bits per heavy atom. The summed E-state index contributed by atoms with van der Waals surface area (Å²) in [6, 6.07) is -0.166. The fourth-order valence-electron chi connectivity index (χ4n) is 1.09. The molecular weight excluding hydrogens is 253 g/mol. The fourth-order valence-corrected chi connectivity index (χ4v) is 1.09. The van der Waals surface area contributed by atoms with E-state index in [4.69, 9.17) is 0 Å². The number of nitrogens with one attached hydrogen (secondary N) is 1. The van der Waals surface area contributed by atoms with Gasteiger partial charge in [0.25, 0.3) is 0 Å². The molecular formula is C10H17F3N2O3. The number of carbonyl (C=O) groups is 2. The predicted octanol–water partition coefficient (Wildman–Crippen LogP) is 0.548. The molecule has 1 amide bonds. The summed E-state index contributed by atoms with van der Waals surface area (Å²) in [4.78, 5) is 23.7. The molecule has 0 spiro atoms. The topological polar surface area (TPSA) is 58.6 Å². The second-order valence-corrected chi connectivity index (χ2v) is 3.97. The number of ether oxygens (including phenoxy) is 1. The molecule has 0 aliphatic rings. The number of hydrogen-bond acceptors (Lipinski definition) is 4. The Balaban J connectivity index is 4.24. The number of amides is 1. The minimum Gasteiger partial charge on any atom is -0.468 e. The lowest BCUT2D eigenvalue weighted by molar-refractivity contribution is -0.144. The van der Waals surface area contributed by atoms with Crippen molar-refractivity contribution in [3.8, 4) is 0 Å². The monoisotopic (exact) mass is 270 g/mol. The molecule has 8 heteroatoms. The molecule has 0 saturated heterocycles. The van der Waals surface area contributed by atoms with Gasteiger partial charge in [-0.25, -0.2) is 0 Å². The summed E-state index contributed by atoms with van der Waals surface area (Å²) in [6.07, 6.45) is -4.44. The predicted molar refractivity (Wildman–Crippen MR) is 57.8 cm³/mol. The number of hydrogen-bond donors (Lipinski definition) is 1. The third kappa shape index (κ3) is 7.88. The average molecular weight is 270 g/mol. The van der Waals surface area contributed by atoms with Crippen LogP contribution in [-0.4, -0.2) is 55.7 Å². The zero-order valence-corrected chi connectivity index (χ0v) is 10.5. The van der Waals surface area contributed by atoms with Gasteiger partial charge >= 0.3 is 12.1 Å². The van der Waals surface area contributed by atoms with Crippen LogP contribution >= 0.6 is 0 Å². The van der Waals surface area contributed by atoms with E-state index in [0.717, 1.165) is 0 Å². The van der Waals surface area contributed by atoms with Gasteiger partial charge in [-0.15, -0.1) is 0 Å². The van der Waals surface area contributed by atoms with Crippen molar-refractivity contribution in [2.24, 2.45) is 0 Å². The summed E-state index contributed by atoms with van der Waals surface area (Å²) < 4.78 is 40.1. The van der Waals surface area contributed by atoms with Gasteiger partial charge in [0.2, 0.25) is 5.91 Å². The second-order valence-electron chi connectivity index (χ2n) is 3.97. The van der Waals surface area contributed by atoms with Crippen LogP contribution in [0.25, 0.3) is 0 Å². The van der Waals surface area contributed by atoms with Crippen molar-refractivity contribution < 1.29 is 27.5 Å². The average Bonchev–Trinajstić information content (AvgIpc) is 2.24. The number of halogens is 3. The summed E-state index contributed by atoms with van der Waals surface area (Å²) in [6.45, 7) is 1.63. The minimum atomic E-state index is -4.44. The molecule has 0 atom stereocenters.